The number of aliphatic carboxylic acids is 1. The Morgan fingerprint density at radius 3 is 2.80 bits per heavy atom. The molecule has 1 aliphatic heterocycles. The van der Waals surface area contributed by atoms with Gasteiger partial charge in [-0.2, -0.15) is 5.10 Å². The van der Waals surface area contributed by atoms with Crippen molar-refractivity contribution in [3.8, 4) is 0 Å². The van der Waals surface area contributed by atoms with Crippen LogP contribution in [0.1, 0.15) is 24.7 Å². The highest BCUT2D eigenvalue weighted by atomic mass is 79.9. The number of carbonyl (C=O) groups is 2. The Balaban J connectivity index is 2.41. The molecule has 0 aliphatic carbocycles. The Labute approximate surface area is 125 Å². The van der Waals surface area contributed by atoms with Crippen molar-refractivity contribution in [2.24, 2.45) is 12.5 Å². The highest BCUT2D eigenvalue weighted by Crippen LogP contribution is 2.33. The molecule has 110 valence electrons. The molecule has 1 atom stereocenters. The van der Waals surface area contributed by atoms with Gasteiger partial charge in [-0.1, -0.05) is 6.92 Å². The van der Waals surface area contributed by atoms with Gasteiger partial charge in [0.1, 0.15) is 0 Å². The van der Waals surface area contributed by atoms with Crippen LogP contribution < -0.4 is 0 Å². The van der Waals surface area contributed by atoms with Crippen LogP contribution in [0.5, 0.6) is 0 Å². The van der Waals surface area contributed by atoms with Crippen LogP contribution in [0, 0.1) is 5.41 Å². The Hall–Kier alpha value is -1.21. The minimum absolute atomic E-state index is 0.0831. The fourth-order valence-electron chi connectivity index (χ4n) is 2.43. The average molecular weight is 345 g/mol. The summed E-state index contributed by atoms with van der Waals surface area (Å²) < 4.78 is 7.67. The molecule has 0 bridgehead atoms. The molecule has 0 aromatic carbocycles. The second kappa shape index (κ2) is 5.65. The minimum atomic E-state index is -1.50. The zero-order valence-electron chi connectivity index (χ0n) is 11.5. The number of hydrogen-bond donors (Lipinski definition) is 1. The van der Waals surface area contributed by atoms with Crippen molar-refractivity contribution in [3.05, 3.63) is 15.9 Å². The number of ketones is 1. The number of halogens is 1. The third-order valence-electron chi connectivity index (χ3n) is 3.74. The van der Waals surface area contributed by atoms with Gasteiger partial charge in [-0.25, -0.2) is 0 Å². The molecule has 1 aromatic heterocycles. The second-order valence-corrected chi connectivity index (χ2v) is 5.77. The lowest BCUT2D eigenvalue weighted by Gasteiger charge is -2.31. The summed E-state index contributed by atoms with van der Waals surface area (Å²) in [6, 6.07) is 0. The molecule has 1 fully saturated rings. The van der Waals surface area contributed by atoms with Crippen molar-refractivity contribution in [1.82, 2.24) is 9.78 Å². The molecule has 1 unspecified atom stereocenters. The third-order valence-corrected chi connectivity index (χ3v) is 4.65. The van der Waals surface area contributed by atoms with Gasteiger partial charge in [0, 0.05) is 19.9 Å². The van der Waals surface area contributed by atoms with E-state index in [0.717, 1.165) is 16.6 Å². The van der Waals surface area contributed by atoms with E-state index in [1.54, 1.807) is 11.7 Å². The Kier molecular flexibility index (Phi) is 4.29. The van der Waals surface area contributed by atoms with Gasteiger partial charge in [-0.05, 0) is 22.4 Å². The zero-order chi connectivity index (χ0) is 14.9. The van der Waals surface area contributed by atoms with Gasteiger partial charge in [0.2, 0.25) is 0 Å². The van der Waals surface area contributed by atoms with E-state index in [4.69, 9.17) is 4.74 Å². The molecule has 2 rings (SSSR count). The number of carbonyl (C=O) groups excluding carboxylic acids is 1. The maximum Gasteiger partial charge on any atom is 0.319 e. The van der Waals surface area contributed by atoms with Crippen molar-refractivity contribution >= 4 is 27.7 Å². The topological polar surface area (TPSA) is 81.4 Å². The largest absolute Gasteiger partial charge is 0.480 e. The molecule has 0 spiro atoms. The van der Waals surface area contributed by atoms with Crippen LogP contribution in [0.15, 0.2) is 4.47 Å². The summed E-state index contributed by atoms with van der Waals surface area (Å²) >= 11 is 3.45. The smallest absolute Gasteiger partial charge is 0.319 e. The number of aromatic nitrogens is 2. The quantitative estimate of drug-likeness (QED) is 0.833. The number of carboxylic acid groups (broad SMARTS) is 1. The van der Waals surface area contributed by atoms with Crippen LogP contribution in [0.2, 0.25) is 0 Å². The van der Waals surface area contributed by atoms with Crippen LogP contribution in [0.4, 0.5) is 0 Å². The molecule has 0 radical (unpaired) electrons. The lowest BCUT2D eigenvalue weighted by Crippen LogP contribution is -2.49. The molecule has 1 aromatic rings. The van der Waals surface area contributed by atoms with E-state index >= 15 is 0 Å². The zero-order valence-corrected chi connectivity index (χ0v) is 13.1. The molecule has 1 aliphatic rings. The number of nitrogens with zero attached hydrogens (tertiary/aromatic N) is 2. The minimum Gasteiger partial charge on any atom is -0.480 e. The second-order valence-electron chi connectivity index (χ2n) is 4.97. The van der Waals surface area contributed by atoms with Gasteiger partial charge in [0.05, 0.1) is 29.1 Å². The van der Waals surface area contributed by atoms with Gasteiger partial charge in [-0.15, -0.1) is 0 Å². The molecule has 0 amide bonds. The summed E-state index contributed by atoms with van der Waals surface area (Å²) in [5, 5.41) is 13.9. The lowest BCUT2D eigenvalue weighted by molar-refractivity contribution is -0.164. The Morgan fingerprint density at radius 1 is 1.60 bits per heavy atom. The fourth-order valence-corrected chi connectivity index (χ4v) is 3.19. The van der Waals surface area contributed by atoms with Gasteiger partial charge < -0.3 is 9.84 Å². The maximum absolute atomic E-state index is 12.2. The van der Waals surface area contributed by atoms with Gasteiger partial charge in [0.15, 0.2) is 11.2 Å². The maximum atomic E-state index is 12.2. The molecule has 2 heterocycles. The molecular weight excluding hydrogens is 328 g/mol. The fraction of sp³-hybridized carbons (Fsp3) is 0.615. The van der Waals surface area contributed by atoms with E-state index in [1.807, 2.05) is 6.92 Å². The highest BCUT2D eigenvalue weighted by molar-refractivity contribution is 9.10. The number of rotatable bonds is 4. The molecule has 7 heteroatoms. The van der Waals surface area contributed by atoms with Crippen LogP contribution in [-0.2, 0) is 34.2 Å². The summed E-state index contributed by atoms with van der Waals surface area (Å²) in [7, 11) is 1.75. The monoisotopic (exact) mass is 344 g/mol. The predicted octanol–water partition coefficient (Wildman–Crippen LogP) is 1.35. The summed E-state index contributed by atoms with van der Waals surface area (Å²) in [6.45, 7) is 2.18. The SMILES string of the molecule is CCc1nn(C)c(CC2(C(=O)O)COCCC2=O)c1Br. The number of carboxylic acids is 1. The number of hydrogen-bond acceptors (Lipinski definition) is 4. The van der Waals surface area contributed by atoms with Crippen molar-refractivity contribution in [1.29, 1.82) is 0 Å². The Bertz CT molecular complexity index is 555. The van der Waals surface area contributed by atoms with E-state index in [2.05, 4.69) is 21.0 Å². The van der Waals surface area contributed by atoms with Crippen molar-refractivity contribution in [3.63, 3.8) is 0 Å². The average Bonchev–Trinajstić information content (AvgIpc) is 2.68. The van der Waals surface area contributed by atoms with Crippen molar-refractivity contribution < 1.29 is 19.4 Å². The van der Waals surface area contributed by atoms with Crippen molar-refractivity contribution in [2.75, 3.05) is 13.2 Å². The van der Waals surface area contributed by atoms with Gasteiger partial charge in [0.25, 0.3) is 0 Å². The molecular formula is C13H17BrN2O4. The summed E-state index contributed by atoms with van der Waals surface area (Å²) in [4.78, 5) is 23.8. The van der Waals surface area contributed by atoms with Crippen LogP contribution in [-0.4, -0.2) is 39.9 Å². The normalized spacial score (nSPS) is 23.1. The standard InChI is InChI=1S/C13H17BrN2O4/c1-3-8-11(14)9(16(2)15-8)6-13(12(18)19)7-20-5-4-10(13)17/h3-7H2,1-2H3,(H,18,19). The summed E-state index contributed by atoms with van der Waals surface area (Å²) in [5.74, 6) is -1.41. The van der Waals surface area contributed by atoms with Crippen LogP contribution >= 0.6 is 15.9 Å². The lowest BCUT2D eigenvalue weighted by atomic mass is 9.77. The first kappa shape index (κ1) is 15.2. The van der Waals surface area contributed by atoms with E-state index in [0.29, 0.717) is 12.3 Å². The first-order valence-corrected chi connectivity index (χ1v) is 7.26. The van der Waals surface area contributed by atoms with E-state index in [9.17, 15) is 14.7 Å². The number of ether oxygens (including phenoxy) is 1. The Morgan fingerprint density at radius 2 is 2.30 bits per heavy atom. The van der Waals surface area contributed by atoms with E-state index < -0.39 is 11.4 Å². The molecule has 1 N–H and O–H groups in total. The predicted molar refractivity (Wildman–Crippen MR) is 74.5 cm³/mol. The summed E-state index contributed by atoms with van der Waals surface area (Å²) in [6.07, 6.45) is 0.965. The van der Waals surface area contributed by atoms with Gasteiger partial charge in [-0.3, -0.25) is 14.3 Å². The van der Waals surface area contributed by atoms with Crippen molar-refractivity contribution in [2.45, 2.75) is 26.2 Å². The van der Waals surface area contributed by atoms with Crippen LogP contribution in [0.3, 0.4) is 0 Å². The molecule has 6 nitrogen and oxygen atoms in total. The van der Waals surface area contributed by atoms with E-state index in [1.165, 1.54) is 0 Å². The number of aryl methyl sites for hydroxylation is 2. The summed E-state index contributed by atoms with van der Waals surface area (Å²) in [5.41, 5.74) is 0.0647. The molecule has 1 saturated heterocycles. The number of Topliss-reactive ketones (excluding diaryl/α,β-unsaturated/α-hetero) is 1. The first-order valence-electron chi connectivity index (χ1n) is 6.47. The third kappa shape index (κ3) is 2.40. The molecule has 20 heavy (non-hydrogen) atoms. The van der Waals surface area contributed by atoms with Crippen LogP contribution in [0.25, 0.3) is 0 Å². The molecule has 0 saturated carbocycles. The first-order chi connectivity index (χ1) is 9.42. The van der Waals surface area contributed by atoms with Gasteiger partial charge >= 0.3 is 5.97 Å². The highest BCUT2D eigenvalue weighted by Gasteiger charge is 2.49. The van der Waals surface area contributed by atoms with E-state index in [-0.39, 0.29) is 25.2 Å².